The van der Waals surface area contributed by atoms with E-state index in [2.05, 4.69) is 10.4 Å². The topological polar surface area (TPSA) is 83.0 Å². The normalized spacial score (nSPS) is 11.4. The first-order chi connectivity index (χ1) is 8.90. The fraction of sp³-hybridized carbons (Fsp3) is 0.385. The molecule has 6 nitrogen and oxygen atoms in total. The van der Waals surface area contributed by atoms with E-state index >= 15 is 0 Å². The Kier molecular flexibility index (Phi) is 5.32. The number of carbonyl (C=O) groups excluding carboxylic acids is 1. The number of rotatable bonds is 4. The van der Waals surface area contributed by atoms with Gasteiger partial charge in [-0.25, -0.2) is 4.79 Å². The summed E-state index contributed by atoms with van der Waals surface area (Å²) in [7, 11) is 0. The van der Waals surface area contributed by atoms with Crippen LogP contribution in [-0.2, 0) is 11.3 Å². The first kappa shape index (κ1) is 15.0. The van der Waals surface area contributed by atoms with Crippen LogP contribution in [0.15, 0.2) is 29.4 Å². The Morgan fingerprint density at radius 1 is 1.37 bits per heavy atom. The number of benzene rings is 1. The highest BCUT2D eigenvalue weighted by Gasteiger charge is 2.15. The molecule has 1 aromatic rings. The van der Waals surface area contributed by atoms with Crippen LogP contribution in [0.25, 0.3) is 0 Å². The predicted octanol–water partition coefficient (Wildman–Crippen LogP) is 2.02. The van der Waals surface area contributed by atoms with Crippen LogP contribution in [0.2, 0.25) is 0 Å². The molecule has 0 aliphatic carbocycles. The third-order valence-corrected chi connectivity index (χ3v) is 2.09. The molecule has 0 radical (unpaired) electrons. The lowest BCUT2D eigenvalue weighted by molar-refractivity contribution is 0.0523. The third kappa shape index (κ3) is 6.42. The van der Waals surface area contributed by atoms with E-state index in [1.807, 2.05) is 45.0 Å². The maximum atomic E-state index is 11.4. The molecular weight excluding hydrogens is 246 g/mol. The fourth-order valence-corrected chi connectivity index (χ4v) is 1.31. The number of hydrogen-bond donors (Lipinski definition) is 3. The quantitative estimate of drug-likeness (QED) is 0.574. The minimum atomic E-state index is -0.498. The molecule has 0 saturated carbocycles. The van der Waals surface area contributed by atoms with Crippen LogP contribution >= 0.6 is 0 Å². The SMILES string of the molecule is CC(C)(C)OC(=O)NCc1ccc(/C=N\NO)cc1. The Balaban J connectivity index is 2.46. The number of ether oxygens (including phenoxy) is 1. The summed E-state index contributed by atoms with van der Waals surface area (Å²) in [5.41, 5.74) is 2.97. The van der Waals surface area contributed by atoms with Gasteiger partial charge in [0.2, 0.25) is 0 Å². The molecule has 0 unspecified atom stereocenters. The summed E-state index contributed by atoms with van der Waals surface area (Å²) >= 11 is 0. The van der Waals surface area contributed by atoms with Crippen molar-refractivity contribution in [3.8, 4) is 0 Å². The van der Waals surface area contributed by atoms with Gasteiger partial charge in [-0.1, -0.05) is 24.3 Å². The van der Waals surface area contributed by atoms with E-state index in [0.29, 0.717) is 6.54 Å². The standard InChI is InChI=1S/C13H19N3O3/c1-13(2,3)19-12(17)14-8-10-4-6-11(7-5-10)9-15-16-18/h4-7,9,16,18H,8H2,1-3H3,(H,14,17)/b15-9-. The van der Waals surface area contributed by atoms with Gasteiger partial charge in [0.05, 0.1) is 6.21 Å². The van der Waals surface area contributed by atoms with E-state index in [1.54, 1.807) is 5.59 Å². The molecule has 3 N–H and O–H groups in total. The largest absolute Gasteiger partial charge is 0.444 e. The third-order valence-electron chi connectivity index (χ3n) is 2.09. The molecule has 0 saturated heterocycles. The number of nitrogens with one attached hydrogen (secondary N) is 2. The van der Waals surface area contributed by atoms with Crippen LogP contribution in [0.1, 0.15) is 31.9 Å². The Labute approximate surface area is 112 Å². The Morgan fingerprint density at radius 3 is 2.53 bits per heavy atom. The number of carbonyl (C=O) groups is 1. The van der Waals surface area contributed by atoms with Gasteiger partial charge in [-0.05, 0) is 31.9 Å². The van der Waals surface area contributed by atoms with E-state index in [0.717, 1.165) is 11.1 Å². The van der Waals surface area contributed by atoms with Crippen molar-refractivity contribution in [1.82, 2.24) is 10.9 Å². The van der Waals surface area contributed by atoms with Crippen molar-refractivity contribution in [3.05, 3.63) is 35.4 Å². The second-order valence-corrected chi connectivity index (χ2v) is 4.96. The van der Waals surface area contributed by atoms with Crippen molar-refractivity contribution < 1.29 is 14.7 Å². The molecule has 0 aromatic heterocycles. The first-order valence-corrected chi connectivity index (χ1v) is 5.88. The molecule has 0 aliphatic heterocycles. The van der Waals surface area contributed by atoms with Crippen molar-refractivity contribution in [2.75, 3.05) is 0 Å². The highest BCUT2D eigenvalue weighted by molar-refractivity contribution is 5.79. The molecular formula is C13H19N3O3. The Bertz CT molecular complexity index is 435. The van der Waals surface area contributed by atoms with Crippen LogP contribution in [0.5, 0.6) is 0 Å². The van der Waals surface area contributed by atoms with Gasteiger partial charge in [0.25, 0.3) is 0 Å². The molecule has 0 heterocycles. The second-order valence-electron chi connectivity index (χ2n) is 4.96. The molecule has 0 fully saturated rings. The van der Waals surface area contributed by atoms with Crippen LogP contribution < -0.4 is 10.9 Å². The Morgan fingerprint density at radius 2 is 2.00 bits per heavy atom. The highest BCUT2D eigenvalue weighted by Crippen LogP contribution is 2.07. The smallest absolute Gasteiger partial charge is 0.407 e. The maximum Gasteiger partial charge on any atom is 0.407 e. The first-order valence-electron chi connectivity index (χ1n) is 5.88. The fourth-order valence-electron chi connectivity index (χ4n) is 1.31. The van der Waals surface area contributed by atoms with E-state index in [9.17, 15) is 4.79 Å². The van der Waals surface area contributed by atoms with E-state index < -0.39 is 11.7 Å². The van der Waals surface area contributed by atoms with E-state index in [-0.39, 0.29) is 0 Å². The monoisotopic (exact) mass is 265 g/mol. The van der Waals surface area contributed by atoms with Gasteiger partial charge < -0.3 is 10.1 Å². The molecule has 1 rings (SSSR count). The van der Waals surface area contributed by atoms with Crippen LogP contribution in [-0.4, -0.2) is 23.1 Å². The summed E-state index contributed by atoms with van der Waals surface area (Å²) in [5.74, 6) is 0. The zero-order valence-corrected chi connectivity index (χ0v) is 11.3. The van der Waals surface area contributed by atoms with Gasteiger partial charge in [0.1, 0.15) is 5.60 Å². The summed E-state index contributed by atoms with van der Waals surface area (Å²) in [4.78, 5) is 11.4. The second kappa shape index (κ2) is 6.75. The van der Waals surface area contributed by atoms with Crippen molar-refractivity contribution >= 4 is 12.3 Å². The molecule has 0 bridgehead atoms. The molecule has 1 amide bonds. The molecule has 0 spiro atoms. The number of amides is 1. The van der Waals surface area contributed by atoms with Gasteiger partial charge in [-0.2, -0.15) is 10.7 Å². The molecule has 6 heteroatoms. The maximum absolute atomic E-state index is 11.4. The van der Waals surface area contributed by atoms with Gasteiger partial charge in [0.15, 0.2) is 0 Å². The number of hydrazone groups is 1. The van der Waals surface area contributed by atoms with Crippen molar-refractivity contribution in [2.24, 2.45) is 5.10 Å². The van der Waals surface area contributed by atoms with Crippen molar-refractivity contribution in [1.29, 1.82) is 0 Å². The molecule has 0 atom stereocenters. The van der Waals surface area contributed by atoms with Gasteiger partial charge >= 0.3 is 6.09 Å². The van der Waals surface area contributed by atoms with E-state index in [4.69, 9.17) is 9.94 Å². The molecule has 104 valence electrons. The minimum Gasteiger partial charge on any atom is -0.444 e. The highest BCUT2D eigenvalue weighted by atomic mass is 16.6. The van der Waals surface area contributed by atoms with Crippen molar-refractivity contribution in [2.45, 2.75) is 32.9 Å². The average Bonchev–Trinajstić information content (AvgIpc) is 2.33. The summed E-state index contributed by atoms with van der Waals surface area (Å²) in [6.45, 7) is 5.84. The predicted molar refractivity (Wildman–Crippen MR) is 72.0 cm³/mol. The summed E-state index contributed by atoms with van der Waals surface area (Å²) in [6, 6.07) is 7.37. The molecule has 19 heavy (non-hydrogen) atoms. The van der Waals surface area contributed by atoms with Crippen LogP contribution in [0.4, 0.5) is 4.79 Å². The lowest BCUT2D eigenvalue weighted by atomic mass is 10.1. The zero-order valence-electron chi connectivity index (χ0n) is 11.3. The number of nitrogens with zero attached hydrogens (tertiary/aromatic N) is 1. The van der Waals surface area contributed by atoms with E-state index in [1.165, 1.54) is 6.21 Å². The van der Waals surface area contributed by atoms with Crippen LogP contribution in [0, 0.1) is 0 Å². The van der Waals surface area contributed by atoms with Crippen LogP contribution in [0.3, 0.4) is 0 Å². The summed E-state index contributed by atoms with van der Waals surface area (Å²) in [5, 5.41) is 14.5. The zero-order chi connectivity index (χ0) is 14.3. The number of hydrogen-bond acceptors (Lipinski definition) is 5. The average molecular weight is 265 g/mol. The van der Waals surface area contributed by atoms with Crippen molar-refractivity contribution in [3.63, 3.8) is 0 Å². The summed E-state index contributed by atoms with van der Waals surface area (Å²) in [6.07, 6.45) is 1.04. The number of alkyl carbamates (subject to hydrolysis) is 1. The van der Waals surface area contributed by atoms with Gasteiger partial charge in [-0.15, -0.1) is 0 Å². The van der Waals surface area contributed by atoms with Gasteiger partial charge in [0, 0.05) is 6.54 Å². The Hall–Kier alpha value is -2.08. The van der Waals surface area contributed by atoms with Gasteiger partial charge in [-0.3, -0.25) is 5.21 Å². The lowest BCUT2D eigenvalue weighted by Gasteiger charge is -2.19. The summed E-state index contributed by atoms with van der Waals surface area (Å²) < 4.78 is 5.13. The minimum absolute atomic E-state index is 0.393. The molecule has 0 aliphatic rings. The lowest BCUT2D eigenvalue weighted by Crippen LogP contribution is -2.32. The molecule has 1 aromatic carbocycles.